The summed E-state index contributed by atoms with van der Waals surface area (Å²) in [5, 5.41) is 14.8. The van der Waals surface area contributed by atoms with Crippen LogP contribution in [0.15, 0.2) is 71.1 Å². The van der Waals surface area contributed by atoms with E-state index in [1.807, 2.05) is 42.5 Å². The molecule has 0 fully saturated rings. The summed E-state index contributed by atoms with van der Waals surface area (Å²) in [5.41, 5.74) is 3.75. The summed E-state index contributed by atoms with van der Waals surface area (Å²) in [4.78, 5) is 25.9. The second-order valence-corrected chi connectivity index (χ2v) is 8.45. The molecule has 1 atom stereocenters. The Bertz CT molecular complexity index is 1330. The Labute approximate surface area is 180 Å². The van der Waals surface area contributed by atoms with Gasteiger partial charge >= 0.3 is 0 Å². The molecule has 2 heterocycles. The van der Waals surface area contributed by atoms with E-state index in [0.717, 1.165) is 16.1 Å². The number of carbonyl (C=O) groups is 1. The molecule has 3 aromatic carbocycles. The molecule has 0 spiro atoms. The number of fused-ring (bicyclic) bond motifs is 4. The fraction of sp³-hybridized carbons (Fsp3) is 0.0870. The Hall–Kier alpha value is -3.78. The number of carbonyl (C=O) groups excluding carboxylic acids is 1. The van der Waals surface area contributed by atoms with Gasteiger partial charge in [-0.3, -0.25) is 14.9 Å². The van der Waals surface area contributed by atoms with Gasteiger partial charge in [-0.15, -0.1) is 11.8 Å². The maximum absolute atomic E-state index is 13.5. The molecule has 1 N–H and O–H groups in total. The van der Waals surface area contributed by atoms with Gasteiger partial charge in [-0.25, -0.2) is 0 Å². The molecular weight excluding hydrogens is 416 g/mol. The van der Waals surface area contributed by atoms with Crippen molar-refractivity contribution in [3.8, 4) is 11.5 Å². The number of ether oxygens (including phenoxy) is 2. The highest BCUT2D eigenvalue weighted by Crippen LogP contribution is 2.55. The Morgan fingerprint density at radius 3 is 2.52 bits per heavy atom. The summed E-state index contributed by atoms with van der Waals surface area (Å²) in [6, 6.07) is 18.1. The van der Waals surface area contributed by atoms with Crippen molar-refractivity contribution in [3.05, 3.63) is 93.0 Å². The number of ketones is 1. The molecule has 0 aromatic heterocycles. The van der Waals surface area contributed by atoms with Gasteiger partial charge in [0.1, 0.15) is 0 Å². The molecule has 2 aliphatic heterocycles. The molecule has 6 rings (SSSR count). The van der Waals surface area contributed by atoms with Crippen molar-refractivity contribution in [2.24, 2.45) is 0 Å². The number of nitro benzene ring substituents is 1. The van der Waals surface area contributed by atoms with E-state index in [2.05, 4.69) is 5.32 Å². The highest BCUT2D eigenvalue weighted by Gasteiger charge is 2.41. The lowest BCUT2D eigenvalue weighted by Gasteiger charge is -2.18. The third kappa shape index (κ3) is 2.65. The topological polar surface area (TPSA) is 90.7 Å². The van der Waals surface area contributed by atoms with E-state index in [1.54, 1.807) is 12.1 Å². The maximum Gasteiger partial charge on any atom is 0.278 e. The van der Waals surface area contributed by atoms with Crippen molar-refractivity contribution < 1.29 is 19.2 Å². The van der Waals surface area contributed by atoms with Crippen LogP contribution in [-0.2, 0) is 0 Å². The van der Waals surface area contributed by atoms with Crippen molar-refractivity contribution in [2.75, 3.05) is 12.1 Å². The number of rotatable bonds is 2. The number of para-hydroxylation sites is 1. The SMILES string of the molecule is O=C1C2=C(Nc3ccccc3S[C@H]2c2cc3c(cc2[N+](=O)[O-])OCO3)c2ccccc21. The number of Topliss-reactive ketones (excluding diaryl/α,β-unsaturated/α-hetero) is 1. The number of nitrogens with zero attached hydrogens (tertiary/aromatic N) is 1. The normalized spacial score (nSPS) is 18.1. The minimum absolute atomic E-state index is 0.0104. The van der Waals surface area contributed by atoms with Gasteiger partial charge in [-0.2, -0.15) is 0 Å². The smallest absolute Gasteiger partial charge is 0.278 e. The van der Waals surface area contributed by atoms with E-state index >= 15 is 0 Å². The molecule has 8 heteroatoms. The molecule has 7 nitrogen and oxygen atoms in total. The van der Waals surface area contributed by atoms with E-state index in [1.165, 1.54) is 17.8 Å². The molecule has 0 saturated heterocycles. The standard InChI is InChI=1S/C23H14N2O5S/c26-22-13-6-2-1-5-12(13)21-20(22)23(31-19-8-4-3-7-15(19)24-21)14-9-17-18(30-11-29-17)10-16(14)25(27)28/h1-10,23-24H,11H2/t23-/m0/s1. The predicted molar refractivity (Wildman–Crippen MR) is 116 cm³/mol. The Balaban J connectivity index is 1.62. The first kappa shape index (κ1) is 18.0. The van der Waals surface area contributed by atoms with E-state index < -0.39 is 10.2 Å². The molecule has 3 aliphatic rings. The van der Waals surface area contributed by atoms with E-state index in [0.29, 0.717) is 33.9 Å². The van der Waals surface area contributed by atoms with Gasteiger partial charge in [0.15, 0.2) is 17.3 Å². The summed E-state index contributed by atoms with van der Waals surface area (Å²) in [7, 11) is 0. The largest absolute Gasteiger partial charge is 0.454 e. The molecule has 0 saturated carbocycles. The molecular formula is C23H14N2O5S. The third-order valence-corrected chi connectivity index (χ3v) is 6.95. The molecule has 0 unspecified atom stereocenters. The summed E-state index contributed by atoms with van der Waals surface area (Å²) in [6.45, 7) is 0.0104. The zero-order valence-electron chi connectivity index (χ0n) is 16.0. The first-order chi connectivity index (χ1) is 15.1. The Kier molecular flexibility index (Phi) is 3.85. The van der Waals surface area contributed by atoms with Gasteiger partial charge in [-0.05, 0) is 18.2 Å². The number of hydrogen-bond acceptors (Lipinski definition) is 7. The van der Waals surface area contributed by atoms with Crippen LogP contribution in [0.3, 0.4) is 0 Å². The molecule has 0 radical (unpaired) electrons. The van der Waals surface area contributed by atoms with Gasteiger partial charge in [0.25, 0.3) is 5.69 Å². The van der Waals surface area contributed by atoms with E-state index in [-0.39, 0.29) is 18.3 Å². The fourth-order valence-electron chi connectivity index (χ4n) is 4.21. The fourth-order valence-corrected chi connectivity index (χ4v) is 5.53. The first-order valence-corrected chi connectivity index (χ1v) is 10.5. The number of nitrogens with one attached hydrogen (secondary N) is 1. The summed E-state index contributed by atoms with van der Waals surface area (Å²) >= 11 is 1.42. The molecule has 0 amide bonds. The van der Waals surface area contributed by atoms with Crippen molar-refractivity contribution >= 4 is 34.6 Å². The zero-order chi connectivity index (χ0) is 21.1. The second kappa shape index (κ2) is 6.61. The van der Waals surface area contributed by atoms with Crippen LogP contribution < -0.4 is 14.8 Å². The van der Waals surface area contributed by atoms with Crippen molar-refractivity contribution in [1.29, 1.82) is 0 Å². The lowest BCUT2D eigenvalue weighted by Crippen LogP contribution is -2.09. The third-order valence-electron chi connectivity index (χ3n) is 5.61. The molecule has 3 aromatic rings. The van der Waals surface area contributed by atoms with Crippen LogP contribution in [0.4, 0.5) is 11.4 Å². The number of nitro groups is 1. The average molecular weight is 430 g/mol. The van der Waals surface area contributed by atoms with Gasteiger partial charge < -0.3 is 14.8 Å². The van der Waals surface area contributed by atoms with Crippen molar-refractivity contribution in [3.63, 3.8) is 0 Å². The number of thioether (sulfide) groups is 1. The van der Waals surface area contributed by atoms with Crippen LogP contribution in [0.25, 0.3) is 5.70 Å². The van der Waals surface area contributed by atoms with Gasteiger partial charge in [0.2, 0.25) is 6.79 Å². The summed E-state index contributed by atoms with van der Waals surface area (Å²) < 4.78 is 10.8. The van der Waals surface area contributed by atoms with Crippen LogP contribution in [0.5, 0.6) is 11.5 Å². The minimum Gasteiger partial charge on any atom is -0.454 e. The van der Waals surface area contributed by atoms with Crippen LogP contribution in [0, 0.1) is 10.1 Å². The summed E-state index contributed by atoms with van der Waals surface area (Å²) in [5.74, 6) is 0.648. The highest BCUT2D eigenvalue weighted by atomic mass is 32.2. The molecule has 0 bridgehead atoms. The maximum atomic E-state index is 13.5. The quantitative estimate of drug-likeness (QED) is 0.442. The van der Waals surface area contributed by atoms with Crippen molar-refractivity contribution in [1.82, 2.24) is 0 Å². The van der Waals surface area contributed by atoms with Crippen LogP contribution in [0.2, 0.25) is 0 Å². The van der Waals surface area contributed by atoms with Crippen LogP contribution in [-0.4, -0.2) is 17.5 Å². The zero-order valence-corrected chi connectivity index (χ0v) is 16.8. The van der Waals surface area contributed by atoms with E-state index in [9.17, 15) is 14.9 Å². The van der Waals surface area contributed by atoms with E-state index in [4.69, 9.17) is 9.47 Å². The molecule has 152 valence electrons. The monoisotopic (exact) mass is 430 g/mol. The van der Waals surface area contributed by atoms with Crippen LogP contribution >= 0.6 is 11.8 Å². The van der Waals surface area contributed by atoms with Gasteiger partial charge in [0, 0.05) is 21.6 Å². The molecule has 31 heavy (non-hydrogen) atoms. The molecule has 1 aliphatic carbocycles. The first-order valence-electron chi connectivity index (χ1n) is 9.61. The number of benzene rings is 3. The second-order valence-electron chi connectivity index (χ2n) is 7.30. The summed E-state index contributed by atoms with van der Waals surface area (Å²) in [6.07, 6.45) is 0. The average Bonchev–Trinajstić information content (AvgIpc) is 3.29. The van der Waals surface area contributed by atoms with Gasteiger partial charge in [0.05, 0.1) is 33.2 Å². The highest BCUT2D eigenvalue weighted by molar-refractivity contribution is 8.00. The Morgan fingerprint density at radius 1 is 1.00 bits per heavy atom. The number of hydrogen-bond donors (Lipinski definition) is 1. The van der Waals surface area contributed by atoms with Crippen molar-refractivity contribution in [2.45, 2.75) is 10.1 Å². The number of anilines is 1. The lowest BCUT2D eigenvalue weighted by atomic mass is 9.98. The Morgan fingerprint density at radius 2 is 1.71 bits per heavy atom. The lowest BCUT2D eigenvalue weighted by molar-refractivity contribution is -0.385. The van der Waals surface area contributed by atoms with Crippen LogP contribution in [0.1, 0.15) is 26.7 Å². The minimum atomic E-state index is -0.596. The predicted octanol–water partition coefficient (Wildman–Crippen LogP) is 5.19. The van der Waals surface area contributed by atoms with Gasteiger partial charge in [-0.1, -0.05) is 36.4 Å².